The van der Waals surface area contributed by atoms with Crippen LogP contribution in [0.25, 0.3) is 0 Å². The molecule has 1 aromatic heterocycles. The molecule has 0 saturated carbocycles. The molecule has 0 aliphatic rings. The van der Waals surface area contributed by atoms with Gasteiger partial charge in [-0.3, -0.25) is 4.79 Å². The van der Waals surface area contributed by atoms with Crippen molar-refractivity contribution in [3.8, 4) is 0 Å². The number of hydrogen-bond donors (Lipinski definition) is 1. The fourth-order valence-corrected chi connectivity index (χ4v) is 4.74. The topological polar surface area (TPSA) is 42.0 Å². The van der Waals surface area contributed by atoms with Gasteiger partial charge in [-0.05, 0) is 42.2 Å². The fraction of sp³-hybridized carbons (Fsp3) is 0.158. The van der Waals surface area contributed by atoms with Crippen LogP contribution in [0.15, 0.2) is 63.1 Å². The van der Waals surface area contributed by atoms with E-state index in [9.17, 15) is 4.79 Å². The van der Waals surface area contributed by atoms with Crippen molar-refractivity contribution in [1.29, 1.82) is 0 Å². The maximum Gasteiger partial charge on any atom is 0.230 e. The van der Waals surface area contributed by atoms with Crippen LogP contribution in [0.5, 0.6) is 0 Å². The third kappa shape index (κ3) is 5.77. The van der Waals surface area contributed by atoms with Gasteiger partial charge in [0.15, 0.2) is 0 Å². The monoisotopic (exact) mass is 420 g/mol. The Morgan fingerprint density at radius 2 is 2.08 bits per heavy atom. The van der Waals surface area contributed by atoms with Gasteiger partial charge in [0, 0.05) is 26.7 Å². The lowest BCUT2D eigenvalue weighted by molar-refractivity contribution is -0.115. The van der Waals surface area contributed by atoms with E-state index in [1.807, 2.05) is 60.2 Å². The van der Waals surface area contributed by atoms with Crippen LogP contribution in [0.2, 0.25) is 5.02 Å². The highest BCUT2D eigenvalue weighted by molar-refractivity contribution is 8.00. The Morgan fingerprint density at radius 3 is 2.88 bits per heavy atom. The number of thiazole rings is 1. The molecular formula is C19H17ClN2OS3. The van der Waals surface area contributed by atoms with Crippen LogP contribution in [-0.4, -0.2) is 17.1 Å². The standard InChI is InChI=1S/C19H17ClN2OS3/c1-24-17-7-3-6-15(9-17)21-18(23)10-16-12-26-19(22-16)25-11-13-4-2-5-14(20)8-13/h2-9,12H,10-11H2,1H3,(H,21,23). The number of rotatable bonds is 7. The van der Waals surface area contributed by atoms with E-state index in [0.29, 0.717) is 0 Å². The van der Waals surface area contributed by atoms with E-state index in [0.717, 1.165) is 37.0 Å². The molecule has 3 aromatic rings. The zero-order valence-corrected chi connectivity index (χ0v) is 17.3. The lowest BCUT2D eigenvalue weighted by atomic mass is 10.2. The van der Waals surface area contributed by atoms with E-state index in [1.165, 1.54) is 0 Å². The molecule has 3 rings (SSSR count). The molecule has 1 N–H and O–H groups in total. The largest absolute Gasteiger partial charge is 0.326 e. The molecule has 0 atom stereocenters. The normalized spacial score (nSPS) is 10.7. The van der Waals surface area contributed by atoms with Crippen LogP contribution in [0.3, 0.4) is 0 Å². The Morgan fingerprint density at radius 1 is 1.23 bits per heavy atom. The molecule has 7 heteroatoms. The van der Waals surface area contributed by atoms with Gasteiger partial charge in [0.05, 0.1) is 12.1 Å². The number of aromatic nitrogens is 1. The van der Waals surface area contributed by atoms with Crippen molar-refractivity contribution in [3.05, 3.63) is 70.2 Å². The molecule has 3 nitrogen and oxygen atoms in total. The van der Waals surface area contributed by atoms with Crippen molar-refractivity contribution in [2.24, 2.45) is 0 Å². The van der Waals surface area contributed by atoms with Crippen molar-refractivity contribution in [1.82, 2.24) is 4.98 Å². The zero-order chi connectivity index (χ0) is 18.4. The second-order valence-electron chi connectivity index (χ2n) is 5.48. The number of amides is 1. The summed E-state index contributed by atoms with van der Waals surface area (Å²) in [6.45, 7) is 0. The summed E-state index contributed by atoms with van der Waals surface area (Å²) >= 11 is 10.9. The summed E-state index contributed by atoms with van der Waals surface area (Å²) in [5.74, 6) is 0.751. The minimum atomic E-state index is -0.0556. The fourth-order valence-electron chi connectivity index (χ4n) is 2.28. The van der Waals surface area contributed by atoms with Gasteiger partial charge in [0.1, 0.15) is 4.34 Å². The van der Waals surface area contributed by atoms with Crippen LogP contribution in [-0.2, 0) is 17.0 Å². The molecule has 26 heavy (non-hydrogen) atoms. The number of thioether (sulfide) groups is 2. The lowest BCUT2D eigenvalue weighted by Gasteiger charge is -2.05. The molecule has 0 spiro atoms. The average molecular weight is 421 g/mol. The van der Waals surface area contributed by atoms with Gasteiger partial charge < -0.3 is 5.32 Å². The number of nitrogens with one attached hydrogen (secondary N) is 1. The maximum absolute atomic E-state index is 12.2. The van der Waals surface area contributed by atoms with Crippen LogP contribution < -0.4 is 5.32 Å². The molecule has 1 amide bonds. The number of carbonyl (C=O) groups excluding carboxylic acids is 1. The Bertz CT molecular complexity index is 898. The third-order valence-electron chi connectivity index (χ3n) is 3.48. The number of hydrogen-bond acceptors (Lipinski definition) is 5. The van der Waals surface area contributed by atoms with Gasteiger partial charge in [0.25, 0.3) is 0 Å². The molecule has 1 heterocycles. The first-order chi connectivity index (χ1) is 12.6. The van der Waals surface area contributed by atoms with Gasteiger partial charge >= 0.3 is 0 Å². The van der Waals surface area contributed by atoms with E-state index in [-0.39, 0.29) is 12.3 Å². The number of carbonyl (C=O) groups is 1. The van der Waals surface area contributed by atoms with Crippen LogP contribution in [0, 0.1) is 0 Å². The molecule has 0 aliphatic heterocycles. The van der Waals surface area contributed by atoms with Crippen molar-refractivity contribution in [3.63, 3.8) is 0 Å². The highest BCUT2D eigenvalue weighted by Gasteiger charge is 2.09. The number of halogens is 1. The molecule has 134 valence electrons. The second-order valence-corrected chi connectivity index (χ2v) is 8.88. The van der Waals surface area contributed by atoms with Gasteiger partial charge in [-0.1, -0.05) is 41.6 Å². The van der Waals surface area contributed by atoms with E-state index >= 15 is 0 Å². The summed E-state index contributed by atoms with van der Waals surface area (Å²) in [6, 6.07) is 15.6. The van der Waals surface area contributed by atoms with E-state index in [4.69, 9.17) is 11.6 Å². The Balaban J connectivity index is 1.53. The lowest BCUT2D eigenvalue weighted by Crippen LogP contribution is -2.14. The van der Waals surface area contributed by atoms with Gasteiger partial charge in [-0.15, -0.1) is 23.1 Å². The highest BCUT2D eigenvalue weighted by Crippen LogP contribution is 2.27. The SMILES string of the molecule is CSc1cccc(NC(=O)Cc2csc(SCc3cccc(Cl)c3)n2)c1. The molecule has 0 aliphatic carbocycles. The van der Waals surface area contributed by atoms with Crippen LogP contribution >= 0.6 is 46.5 Å². The minimum absolute atomic E-state index is 0.0556. The predicted octanol–water partition coefficient (Wildman–Crippen LogP) is 5.99. The van der Waals surface area contributed by atoms with E-state index < -0.39 is 0 Å². The van der Waals surface area contributed by atoms with E-state index in [2.05, 4.69) is 10.3 Å². The molecule has 0 bridgehead atoms. The number of nitrogens with zero attached hydrogens (tertiary/aromatic N) is 1. The molecule has 0 saturated heterocycles. The van der Waals surface area contributed by atoms with Crippen molar-refractivity contribution < 1.29 is 4.79 Å². The maximum atomic E-state index is 12.2. The summed E-state index contributed by atoms with van der Waals surface area (Å²) in [4.78, 5) is 17.9. The molecule has 0 radical (unpaired) electrons. The molecule has 0 unspecified atom stereocenters. The Hall–Kier alpha value is -1.47. The summed E-state index contributed by atoms with van der Waals surface area (Å²) in [5.41, 5.74) is 2.76. The first-order valence-electron chi connectivity index (χ1n) is 7.88. The summed E-state index contributed by atoms with van der Waals surface area (Å²) in [7, 11) is 0. The van der Waals surface area contributed by atoms with Crippen molar-refractivity contribution in [2.45, 2.75) is 21.4 Å². The summed E-state index contributed by atoms with van der Waals surface area (Å²) in [5, 5.41) is 5.61. The average Bonchev–Trinajstić information content (AvgIpc) is 3.07. The smallest absolute Gasteiger partial charge is 0.230 e. The quantitative estimate of drug-likeness (QED) is 0.476. The summed E-state index contributed by atoms with van der Waals surface area (Å²) in [6.07, 6.45) is 2.29. The summed E-state index contributed by atoms with van der Waals surface area (Å²) < 4.78 is 0.956. The zero-order valence-electron chi connectivity index (χ0n) is 14.1. The molecular weight excluding hydrogens is 404 g/mol. The third-order valence-corrected chi connectivity index (χ3v) is 6.58. The molecule has 0 fully saturated rings. The second kappa shape index (κ2) is 9.46. The van der Waals surface area contributed by atoms with Crippen LogP contribution in [0.4, 0.5) is 5.69 Å². The van der Waals surface area contributed by atoms with Gasteiger partial charge in [-0.25, -0.2) is 4.98 Å². The molecule has 2 aromatic carbocycles. The number of benzene rings is 2. The van der Waals surface area contributed by atoms with Gasteiger partial charge in [0.2, 0.25) is 5.91 Å². The Kier molecular flexibility index (Phi) is 7.02. The first-order valence-corrected chi connectivity index (χ1v) is 11.3. The van der Waals surface area contributed by atoms with Crippen LogP contribution in [0.1, 0.15) is 11.3 Å². The first kappa shape index (κ1) is 19.3. The van der Waals surface area contributed by atoms with Crippen molar-refractivity contribution in [2.75, 3.05) is 11.6 Å². The highest BCUT2D eigenvalue weighted by atomic mass is 35.5. The van der Waals surface area contributed by atoms with Crippen molar-refractivity contribution >= 4 is 58.1 Å². The Labute approximate surface area is 170 Å². The minimum Gasteiger partial charge on any atom is -0.326 e. The van der Waals surface area contributed by atoms with Gasteiger partial charge in [-0.2, -0.15) is 0 Å². The van der Waals surface area contributed by atoms with E-state index in [1.54, 1.807) is 34.9 Å². The number of anilines is 1. The predicted molar refractivity (Wildman–Crippen MR) is 114 cm³/mol.